The fraction of sp³-hybridized carbons (Fsp3) is 0.346. The van der Waals surface area contributed by atoms with Crippen molar-refractivity contribution in [3.63, 3.8) is 0 Å². The summed E-state index contributed by atoms with van der Waals surface area (Å²) in [5.41, 5.74) is 6.98. The highest BCUT2D eigenvalue weighted by Crippen LogP contribution is 2.31. The van der Waals surface area contributed by atoms with Gasteiger partial charge in [0.05, 0.1) is 55.0 Å². The Morgan fingerprint density at radius 2 is 1.38 bits per heavy atom. The maximum absolute atomic E-state index is 12.5. The molecule has 6 rings (SSSR count). The van der Waals surface area contributed by atoms with Gasteiger partial charge in [-0.2, -0.15) is 5.10 Å². The number of nitrogens with one attached hydrogen (secondary N) is 3. The minimum atomic E-state index is -0.609. The van der Waals surface area contributed by atoms with E-state index in [4.69, 9.17) is 60.4 Å². The largest absolute Gasteiger partial charge is 0.462 e. The minimum Gasteiger partial charge on any atom is -0.462 e. The zero-order valence-electron chi connectivity index (χ0n) is 40.0. The molecule has 0 unspecified atom stereocenters. The van der Waals surface area contributed by atoms with Crippen LogP contribution >= 0.6 is 46.4 Å². The van der Waals surface area contributed by atoms with Crippen LogP contribution in [0.4, 0.5) is 26.8 Å². The van der Waals surface area contributed by atoms with Crippen LogP contribution < -0.4 is 20.7 Å². The SMILES string of the molecule is CCCCCc1cc(CC(=O)Cc2ccc(C(=O)OCCCC)cc2)n(C)n1.CCc1cccc(OC(=O)Nc2cccc(Cl)c2Cl)c1.Cc1c(C(C)C)noc1NC(=O)Nc1cccc(Cl)c1Cl. The van der Waals surface area contributed by atoms with Crippen molar-refractivity contribution in [2.45, 2.75) is 105 Å². The Morgan fingerprint density at radius 1 is 0.739 bits per heavy atom. The van der Waals surface area contributed by atoms with Crippen molar-refractivity contribution in [3.8, 4) is 5.75 Å². The molecule has 17 heteroatoms. The van der Waals surface area contributed by atoms with Crippen molar-refractivity contribution in [1.29, 1.82) is 0 Å². The third kappa shape index (κ3) is 18.2. The average molecular weight is 1020 g/mol. The number of ether oxygens (including phenoxy) is 2. The number of unbranched alkanes of at least 4 members (excludes halogenated alkanes) is 3. The number of Topliss-reactive ketones (excluding diaryl/α,β-unsaturated/α-hetero) is 1. The molecular weight excluding hydrogens is 962 g/mol. The second-order valence-corrected chi connectivity index (χ2v) is 17.8. The number of urea groups is 1. The van der Waals surface area contributed by atoms with Gasteiger partial charge in [0, 0.05) is 31.1 Å². The number of aryl methyl sites for hydroxylation is 3. The number of anilines is 3. The Hall–Kier alpha value is -5.86. The molecule has 0 fully saturated rings. The van der Waals surface area contributed by atoms with Crippen LogP contribution in [0.25, 0.3) is 0 Å². The molecule has 368 valence electrons. The van der Waals surface area contributed by atoms with Crippen LogP contribution in [0.15, 0.2) is 95.5 Å². The van der Waals surface area contributed by atoms with E-state index in [9.17, 15) is 19.2 Å². The Bertz CT molecular complexity index is 2630. The summed E-state index contributed by atoms with van der Waals surface area (Å²) in [5, 5.41) is 17.5. The molecule has 0 aliphatic rings. The van der Waals surface area contributed by atoms with Crippen molar-refractivity contribution in [3.05, 3.63) is 150 Å². The van der Waals surface area contributed by atoms with Gasteiger partial charge >= 0.3 is 18.1 Å². The number of hydrogen-bond acceptors (Lipinski definition) is 9. The molecule has 0 spiro atoms. The van der Waals surface area contributed by atoms with Gasteiger partial charge in [0.1, 0.15) is 11.5 Å². The molecule has 69 heavy (non-hydrogen) atoms. The summed E-state index contributed by atoms with van der Waals surface area (Å²) in [7, 11) is 1.89. The van der Waals surface area contributed by atoms with Crippen LogP contribution in [0, 0.1) is 6.92 Å². The molecule has 2 aromatic heterocycles. The molecule has 0 saturated carbocycles. The van der Waals surface area contributed by atoms with Gasteiger partial charge in [-0.05, 0) is 104 Å². The first kappa shape index (κ1) is 55.7. The number of ketones is 1. The quantitative estimate of drug-likeness (QED) is 0.0561. The second-order valence-electron chi connectivity index (χ2n) is 16.3. The topological polar surface area (TPSA) is 167 Å². The predicted molar refractivity (Wildman–Crippen MR) is 277 cm³/mol. The summed E-state index contributed by atoms with van der Waals surface area (Å²) in [6.07, 6.45) is 7.33. The molecular formula is C52H60Cl4N6O7. The fourth-order valence-corrected chi connectivity index (χ4v) is 7.29. The zero-order chi connectivity index (χ0) is 50.5. The molecule has 0 aliphatic heterocycles. The predicted octanol–water partition coefficient (Wildman–Crippen LogP) is 14.7. The Balaban J connectivity index is 0.000000230. The van der Waals surface area contributed by atoms with Crippen LogP contribution in [0.3, 0.4) is 0 Å². The standard InChI is InChI=1S/C23H32N2O3.C15H13Cl2NO2.C14H15Cl2N3O2/c1-4-6-8-9-20-16-21(25(3)24-20)17-22(26)15-18-10-12-19(13-11-18)23(27)28-14-7-5-2;1-2-10-5-3-6-11(9-10)20-15(19)18-13-8-4-7-12(16)14(13)17;1-7(2)12-8(3)13(21-19-12)18-14(20)17-10-6-4-5-9(15)11(10)16/h10-13,16H,4-9,14-15,17H2,1-3H3;3-9H,2H2,1H3,(H,18,19);4-7H,1-3H3,(H2,17,18,20). The fourth-order valence-electron chi connectivity index (χ4n) is 6.59. The maximum atomic E-state index is 12.5. The Kier molecular flexibility index (Phi) is 23.1. The van der Waals surface area contributed by atoms with E-state index >= 15 is 0 Å². The summed E-state index contributed by atoms with van der Waals surface area (Å²) in [6.45, 7) is 12.6. The summed E-state index contributed by atoms with van der Waals surface area (Å²) in [5.74, 6) is 0.849. The molecule has 0 saturated heterocycles. The molecule has 6 aromatic rings. The van der Waals surface area contributed by atoms with Gasteiger partial charge in [-0.1, -0.05) is 142 Å². The molecule has 0 radical (unpaired) electrons. The summed E-state index contributed by atoms with van der Waals surface area (Å²) in [4.78, 5) is 48.2. The first-order valence-corrected chi connectivity index (χ1v) is 24.3. The first-order valence-electron chi connectivity index (χ1n) is 22.8. The number of aromatic nitrogens is 3. The summed E-state index contributed by atoms with van der Waals surface area (Å²) >= 11 is 23.8. The molecule has 13 nitrogen and oxygen atoms in total. The number of benzene rings is 4. The van der Waals surface area contributed by atoms with E-state index in [1.807, 2.05) is 75.8 Å². The van der Waals surface area contributed by atoms with E-state index in [1.165, 1.54) is 12.8 Å². The number of carbonyl (C=O) groups excluding carboxylic acids is 4. The van der Waals surface area contributed by atoms with Gasteiger partial charge < -0.3 is 19.3 Å². The lowest BCUT2D eigenvalue weighted by Crippen LogP contribution is -2.19. The van der Waals surface area contributed by atoms with Crippen LogP contribution in [-0.2, 0) is 42.3 Å². The van der Waals surface area contributed by atoms with Crippen molar-refractivity contribution in [2.24, 2.45) is 7.05 Å². The van der Waals surface area contributed by atoms with Gasteiger partial charge in [-0.15, -0.1) is 0 Å². The molecule has 0 bridgehead atoms. The zero-order valence-corrected chi connectivity index (χ0v) is 43.0. The number of hydrogen-bond donors (Lipinski definition) is 3. The third-order valence-corrected chi connectivity index (χ3v) is 12.0. The van der Waals surface area contributed by atoms with E-state index in [2.05, 4.69) is 40.1 Å². The van der Waals surface area contributed by atoms with Gasteiger partial charge in [0.25, 0.3) is 0 Å². The number of carbonyl (C=O) groups is 4. The highest BCUT2D eigenvalue weighted by Gasteiger charge is 2.18. The molecule has 2 heterocycles. The first-order chi connectivity index (χ1) is 33.0. The van der Waals surface area contributed by atoms with Gasteiger partial charge in [0.15, 0.2) is 0 Å². The number of nitrogens with zero attached hydrogens (tertiary/aromatic N) is 3. The third-order valence-electron chi connectivity index (χ3n) is 10.4. The summed E-state index contributed by atoms with van der Waals surface area (Å²) < 4.78 is 17.4. The number of esters is 1. The normalized spacial score (nSPS) is 10.6. The molecule has 4 aromatic carbocycles. The lowest BCUT2D eigenvalue weighted by molar-refractivity contribution is -0.117. The van der Waals surface area contributed by atoms with Crippen LogP contribution in [0.2, 0.25) is 20.1 Å². The van der Waals surface area contributed by atoms with E-state index < -0.39 is 12.1 Å². The monoisotopic (exact) mass is 1020 g/mol. The molecule has 0 aliphatic carbocycles. The van der Waals surface area contributed by atoms with Crippen LogP contribution in [0.5, 0.6) is 5.75 Å². The lowest BCUT2D eigenvalue weighted by atomic mass is 10.0. The number of halogens is 4. The molecule has 3 N–H and O–H groups in total. The van der Waals surface area contributed by atoms with E-state index in [0.717, 1.165) is 65.9 Å². The highest BCUT2D eigenvalue weighted by molar-refractivity contribution is 6.44. The highest BCUT2D eigenvalue weighted by atomic mass is 35.5. The average Bonchev–Trinajstić information content (AvgIpc) is 3.86. The lowest BCUT2D eigenvalue weighted by Gasteiger charge is -2.09. The Morgan fingerprint density at radius 3 is 1.99 bits per heavy atom. The second kappa shape index (κ2) is 28.6. The van der Waals surface area contributed by atoms with Gasteiger partial charge in [0.2, 0.25) is 5.88 Å². The Labute approximate surface area is 424 Å². The minimum absolute atomic E-state index is 0.140. The van der Waals surface area contributed by atoms with Crippen molar-refractivity contribution >= 4 is 87.5 Å². The van der Waals surface area contributed by atoms with Gasteiger partial charge in [-0.3, -0.25) is 20.1 Å². The van der Waals surface area contributed by atoms with Crippen molar-refractivity contribution in [1.82, 2.24) is 14.9 Å². The van der Waals surface area contributed by atoms with Crippen LogP contribution in [0.1, 0.15) is 117 Å². The van der Waals surface area contributed by atoms with E-state index in [0.29, 0.717) is 58.1 Å². The van der Waals surface area contributed by atoms with Crippen molar-refractivity contribution < 1.29 is 33.2 Å². The van der Waals surface area contributed by atoms with Gasteiger partial charge in [-0.25, -0.2) is 14.4 Å². The summed E-state index contributed by atoms with van der Waals surface area (Å²) in [6, 6.07) is 26.0. The van der Waals surface area contributed by atoms with Crippen molar-refractivity contribution in [2.75, 3.05) is 22.6 Å². The molecule has 0 atom stereocenters. The number of amides is 3. The molecule has 3 amide bonds. The van der Waals surface area contributed by atoms with Crippen LogP contribution in [-0.4, -0.2) is 45.4 Å². The van der Waals surface area contributed by atoms with E-state index in [1.54, 1.807) is 54.6 Å². The number of rotatable bonds is 18. The maximum Gasteiger partial charge on any atom is 0.417 e. The smallest absolute Gasteiger partial charge is 0.417 e. The van der Waals surface area contributed by atoms with E-state index in [-0.39, 0.29) is 27.7 Å².